The van der Waals surface area contributed by atoms with E-state index in [1.54, 1.807) is 23.1 Å². The number of aromatic hydroxyl groups is 1. The molecule has 36 heavy (non-hydrogen) atoms. The van der Waals surface area contributed by atoms with E-state index in [2.05, 4.69) is 68.1 Å². The van der Waals surface area contributed by atoms with Gasteiger partial charge in [-0.25, -0.2) is 14.3 Å². The van der Waals surface area contributed by atoms with Gasteiger partial charge < -0.3 is 5.11 Å². The Hall–Kier alpha value is -4.19. The highest BCUT2D eigenvalue weighted by atomic mass is 16.3. The maximum atomic E-state index is 10.3. The third-order valence-corrected chi connectivity index (χ3v) is 6.52. The Kier molecular flexibility index (Phi) is 6.18. The quantitative estimate of drug-likeness (QED) is 0.285. The number of phenols is 1. The molecule has 0 fully saturated rings. The van der Waals surface area contributed by atoms with Crippen LogP contribution in [0.1, 0.15) is 56.4 Å². The maximum absolute atomic E-state index is 10.3. The average molecular weight is 478 g/mol. The Labute approximate surface area is 211 Å². The predicted octanol–water partition coefficient (Wildman–Crippen LogP) is 7.05. The first-order valence-electron chi connectivity index (χ1n) is 12.3. The van der Waals surface area contributed by atoms with Gasteiger partial charge >= 0.3 is 0 Å². The number of aromatic nitrogens is 5. The van der Waals surface area contributed by atoms with Crippen molar-refractivity contribution in [3.05, 3.63) is 95.9 Å². The van der Waals surface area contributed by atoms with Crippen molar-refractivity contribution in [3.8, 4) is 39.8 Å². The van der Waals surface area contributed by atoms with Gasteiger partial charge in [0, 0.05) is 16.8 Å². The first kappa shape index (κ1) is 23.5. The average Bonchev–Trinajstić information content (AvgIpc) is 3.51. The van der Waals surface area contributed by atoms with Crippen molar-refractivity contribution in [2.45, 2.75) is 46.5 Å². The molecule has 2 aromatic heterocycles. The molecule has 0 saturated carbocycles. The number of hydrogen-bond donors (Lipinski definition) is 1. The van der Waals surface area contributed by atoms with Gasteiger partial charge in [-0.05, 0) is 54.2 Å². The number of phenolic OH excluding ortho intramolecular Hbond substituents is 1. The van der Waals surface area contributed by atoms with Gasteiger partial charge in [-0.1, -0.05) is 76.2 Å². The van der Waals surface area contributed by atoms with Gasteiger partial charge in [0.1, 0.15) is 17.8 Å². The van der Waals surface area contributed by atoms with Crippen molar-refractivity contribution in [1.82, 2.24) is 24.5 Å². The molecule has 3 aromatic carbocycles. The minimum absolute atomic E-state index is 0.196. The first-order valence-corrected chi connectivity index (χ1v) is 12.3. The van der Waals surface area contributed by atoms with E-state index in [1.165, 1.54) is 11.1 Å². The van der Waals surface area contributed by atoms with E-state index in [4.69, 9.17) is 5.10 Å². The van der Waals surface area contributed by atoms with E-state index in [-0.39, 0.29) is 5.75 Å². The molecular formula is C30H31N5O. The largest absolute Gasteiger partial charge is 0.506 e. The fourth-order valence-electron chi connectivity index (χ4n) is 4.68. The normalized spacial score (nSPS) is 11.5. The summed E-state index contributed by atoms with van der Waals surface area (Å²) in [6.45, 7) is 10.8. The Bertz CT molecular complexity index is 1500. The van der Waals surface area contributed by atoms with E-state index in [9.17, 15) is 5.11 Å². The Morgan fingerprint density at radius 3 is 2.11 bits per heavy atom. The Morgan fingerprint density at radius 1 is 0.750 bits per heavy atom. The lowest BCUT2D eigenvalue weighted by atomic mass is 9.92. The molecule has 6 heteroatoms. The molecule has 0 aliphatic heterocycles. The summed E-state index contributed by atoms with van der Waals surface area (Å²) in [5.74, 6) is 1.69. The van der Waals surface area contributed by atoms with E-state index in [1.807, 2.05) is 41.9 Å². The second kappa shape index (κ2) is 9.46. The van der Waals surface area contributed by atoms with E-state index < -0.39 is 0 Å². The lowest BCUT2D eigenvalue weighted by Crippen LogP contribution is -2.09. The third-order valence-electron chi connectivity index (χ3n) is 6.52. The summed E-state index contributed by atoms with van der Waals surface area (Å²) >= 11 is 0. The second-order valence-corrected chi connectivity index (χ2v) is 9.74. The minimum atomic E-state index is 0.196. The number of para-hydroxylation sites is 3. The number of rotatable bonds is 6. The lowest BCUT2D eigenvalue weighted by Gasteiger charge is -2.20. The fraction of sp³-hybridized carbons (Fsp3) is 0.233. The molecule has 6 nitrogen and oxygen atoms in total. The molecule has 182 valence electrons. The summed E-state index contributed by atoms with van der Waals surface area (Å²) in [5.41, 5.74) is 7.97. The van der Waals surface area contributed by atoms with Crippen LogP contribution in [0.3, 0.4) is 0 Å². The summed E-state index contributed by atoms with van der Waals surface area (Å²) in [4.78, 5) is 4.67. The van der Waals surface area contributed by atoms with E-state index >= 15 is 0 Å². The Balaban J connectivity index is 1.61. The third kappa shape index (κ3) is 4.19. The van der Waals surface area contributed by atoms with Crippen LogP contribution in [0.5, 0.6) is 5.75 Å². The first-order chi connectivity index (χ1) is 17.3. The van der Waals surface area contributed by atoms with Crippen molar-refractivity contribution in [1.29, 1.82) is 0 Å². The standard InChI is InChI=1S/C30H31N5O/c1-19(2)24-12-9-13-25(20(3)4)29(24)35-30(31-18-32-35)23-11-8-10-22(17-23)26-16-21(5)34(33-26)27-14-6-7-15-28(27)36/h6-20,36H,1-5H3. The van der Waals surface area contributed by atoms with Gasteiger partial charge in [0.05, 0.1) is 11.4 Å². The molecular weight excluding hydrogens is 446 g/mol. The summed E-state index contributed by atoms with van der Waals surface area (Å²) in [7, 11) is 0. The SMILES string of the molecule is Cc1cc(-c2cccc(-c3ncnn3-c3c(C(C)C)cccc3C(C)C)c2)nn1-c1ccccc1O. The van der Waals surface area contributed by atoms with Crippen LogP contribution in [0, 0.1) is 6.92 Å². The summed E-state index contributed by atoms with van der Waals surface area (Å²) in [5, 5.41) is 19.8. The van der Waals surface area contributed by atoms with Crippen LogP contribution in [-0.2, 0) is 0 Å². The molecule has 0 spiro atoms. The molecule has 0 aliphatic carbocycles. The van der Waals surface area contributed by atoms with Crippen LogP contribution in [-0.4, -0.2) is 29.7 Å². The number of benzene rings is 3. The second-order valence-electron chi connectivity index (χ2n) is 9.74. The zero-order chi connectivity index (χ0) is 25.4. The highest BCUT2D eigenvalue weighted by Crippen LogP contribution is 2.34. The molecule has 5 aromatic rings. The van der Waals surface area contributed by atoms with Gasteiger partial charge in [-0.3, -0.25) is 0 Å². The molecule has 0 aliphatic rings. The molecule has 0 amide bonds. The number of nitrogens with zero attached hydrogens (tertiary/aromatic N) is 5. The molecule has 5 rings (SSSR count). The van der Waals surface area contributed by atoms with Crippen molar-refractivity contribution >= 4 is 0 Å². The molecule has 1 N–H and O–H groups in total. The van der Waals surface area contributed by atoms with E-state index in [0.29, 0.717) is 17.5 Å². The maximum Gasteiger partial charge on any atom is 0.163 e. The van der Waals surface area contributed by atoms with Gasteiger partial charge in [0.25, 0.3) is 0 Å². The number of hydrogen-bond acceptors (Lipinski definition) is 4. The fourth-order valence-corrected chi connectivity index (χ4v) is 4.68. The van der Waals surface area contributed by atoms with Crippen LogP contribution in [0.4, 0.5) is 0 Å². The van der Waals surface area contributed by atoms with E-state index in [0.717, 1.165) is 34.0 Å². The summed E-state index contributed by atoms with van der Waals surface area (Å²) in [6, 6.07) is 24.0. The number of aryl methyl sites for hydroxylation is 1. The van der Waals surface area contributed by atoms with Crippen molar-refractivity contribution in [2.24, 2.45) is 0 Å². The van der Waals surface area contributed by atoms with Crippen molar-refractivity contribution in [2.75, 3.05) is 0 Å². The summed E-state index contributed by atoms with van der Waals surface area (Å²) in [6.07, 6.45) is 1.63. The lowest BCUT2D eigenvalue weighted by molar-refractivity contribution is 0.470. The molecule has 0 saturated heterocycles. The summed E-state index contributed by atoms with van der Waals surface area (Å²) < 4.78 is 3.75. The van der Waals surface area contributed by atoms with Gasteiger partial charge in [0.2, 0.25) is 0 Å². The van der Waals surface area contributed by atoms with Crippen LogP contribution >= 0.6 is 0 Å². The zero-order valence-electron chi connectivity index (χ0n) is 21.3. The highest BCUT2D eigenvalue weighted by Gasteiger charge is 2.20. The molecule has 2 heterocycles. The molecule has 0 bridgehead atoms. The van der Waals surface area contributed by atoms with Crippen molar-refractivity contribution in [3.63, 3.8) is 0 Å². The Morgan fingerprint density at radius 2 is 1.42 bits per heavy atom. The van der Waals surface area contributed by atoms with Crippen LogP contribution in [0.25, 0.3) is 34.0 Å². The van der Waals surface area contributed by atoms with Crippen LogP contribution < -0.4 is 0 Å². The predicted molar refractivity (Wildman–Crippen MR) is 144 cm³/mol. The van der Waals surface area contributed by atoms with Crippen LogP contribution in [0.15, 0.2) is 79.1 Å². The highest BCUT2D eigenvalue weighted by molar-refractivity contribution is 5.70. The van der Waals surface area contributed by atoms with Gasteiger partial charge in [-0.15, -0.1) is 0 Å². The molecule has 0 radical (unpaired) electrons. The monoisotopic (exact) mass is 477 g/mol. The smallest absolute Gasteiger partial charge is 0.163 e. The zero-order valence-corrected chi connectivity index (χ0v) is 21.3. The van der Waals surface area contributed by atoms with Crippen molar-refractivity contribution < 1.29 is 5.11 Å². The molecule has 0 atom stereocenters. The topological polar surface area (TPSA) is 68.8 Å². The van der Waals surface area contributed by atoms with Gasteiger partial charge in [0.15, 0.2) is 5.82 Å². The minimum Gasteiger partial charge on any atom is -0.506 e. The van der Waals surface area contributed by atoms with Gasteiger partial charge in [-0.2, -0.15) is 10.2 Å². The molecule has 0 unspecified atom stereocenters. The van der Waals surface area contributed by atoms with Crippen LogP contribution in [0.2, 0.25) is 0 Å².